The number of carbonyl (C=O) groups excluding carboxylic acids is 1. The molecule has 0 N–H and O–H groups in total. The second-order valence-electron chi connectivity index (χ2n) is 5.41. The van der Waals surface area contributed by atoms with Crippen molar-refractivity contribution in [1.29, 1.82) is 0 Å². The Morgan fingerprint density at radius 2 is 1.52 bits per heavy atom. The molecule has 2 rings (SSSR count). The number of hydrogen-bond acceptors (Lipinski definition) is 5. The molecule has 0 unspecified atom stereocenters. The zero-order valence-corrected chi connectivity index (χ0v) is 14.2. The average molecular weight is 320 g/mol. The van der Waals surface area contributed by atoms with E-state index in [1.165, 1.54) is 0 Å². The van der Waals surface area contributed by atoms with E-state index < -0.39 is 0 Å². The first-order chi connectivity index (χ1) is 11.1. The Labute approximate surface area is 137 Å². The maximum Gasteiger partial charge on any atom is 0.246 e. The SMILES string of the molecule is COc1cc(OC)c(OC)cc1/C=C/C(=O)N1CCN(C)CC1. The van der Waals surface area contributed by atoms with Gasteiger partial charge < -0.3 is 24.0 Å². The molecular weight excluding hydrogens is 296 g/mol. The number of carbonyl (C=O) groups is 1. The Bertz CT molecular complexity index is 578. The van der Waals surface area contributed by atoms with E-state index in [0.29, 0.717) is 17.2 Å². The lowest BCUT2D eigenvalue weighted by molar-refractivity contribution is -0.127. The van der Waals surface area contributed by atoms with Crippen molar-refractivity contribution in [1.82, 2.24) is 9.80 Å². The van der Waals surface area contributed by atoms with Crippen LogP contribution in [-0.4, -0.2) is 70.3 Å². The van der Waals surface area contributed by atoms with Crippen molar-refractivity contribution in [2.45, 2.75) is 0 Å². The normalized spacial score (nSPS) is 15.7. The van der Waals surface area contributed by atoms with Crippen LogP contribution in [0.2, 0.25) is 0 Å². The second kappa shape index (κ2) is 7.87. The van der Waals surface area contributed by atoms with Gasteiger partial charge in [-0.2, -0.15) is 0 Å². The van der Waals surface area contributed by atoms with E-state index in [9.17, 15) is 4.79 Å². The van der Waals surface area contributed by atoms with Crippen molar-refractivity contribution < 1.29 is 19.0 Å². The van der Waals surface area contributed by atoms with Gasteiger partial charge in [-0.15, -0.1) is 0 Å². The summed E-state index contributed by atoms with van der Waals surface area (Å²) in [4.78, 5) is 16.3. The van der Waals surface area contributed by atoms with E-state index in [1.807, 2.05) is 4.90 Å². The van der Waals surface area contributed by atoms with Gasteiger partial charge in [0.05, 0.1) is 21.3 Å². The summed E-state index contributed by atoms with van der Waals surface area (Å²) in [5, 5.41) is 0. The maximum atomic E-state index is 12.3. The third-order valence-electron chi connectivity index (χ3n) is 3.96. The number of ether oxygens (including phenoxy) is 3. The molecule has 0 atom stereocenters. The summed E-state index contributed by atoms with van der Waals surface area (Å²) in [5.74, 6) is 1.83. The van der Waals surface area contributed by atoms with Gasteiger partial charge in [0.15, 0.2) is 11.5 Å². The summed E-state index contributed by atoms with van der Waals surface area (Å²) in [6, 6.07) is 3.55. The largest absolute Gasteiger partial charge is 0.496 e. The van der Waals surface area contributed by atoms with Crippen molar-refractivity contribution in [2.75, 3.05) is 54.6 Å². The van der Waals surface area contributed by atoms with E-state index in [-0.39, 0.29) is 5.91 Å². The summed E-state index contributed by atoms with van der Waals surface area (Å²) >= 11 is 0. The van der Waals surface area contributed by atoms with Gasteiger partial charge in [0, 0.05) is 43.9 Å². The third kappa shape index (κ3) is 4.16. The molecule has 1 fully saturated rings. The molecular formula is C17H24N2O4. The molecule has 0 saturated carbocycles. The van der Waals surface area contributed by atoms with Crippen molar-refractivity contribution in [3.05, 3.63) is 23.8 Å². The Morgan fingerprint density at radius 3 is 2.09 bits per heavy atom. The Hall–Kier alpha value is -2.21. The molecule has 126 valence electrons. The van der Waals surface area contributed by atoms with Crippen molar-refractivity contribution in [3.8, 4) is 17.2 Å². The minimum atomic E-state index is 0.00920. The fourth-order valence-electron chi connectivity index (χ4n) is 2.48. The molecule has 0 radical (unpaired) electrons. The molecule has 6 nitrogen and oxygen atoms in total. The molecule has 1 aliphatic rings. The molecule has 1 aromatic carbocycles. The Kier molecular flexibility index (Phi) is 5.87. The van der Waals surface area contributed by atoms with Gasteiger partial charge in [-0.3, -0.25) is 4.79 Å². The summed E-state index contributed by atoms with van der Waals surface area (Å²) in [7, 11) is 6.80. The van der Waals surface area contributed by atoms with E-state index in [4.69, 9.17) is 14.2 Å². The van der Waals surface area contributed by atoms with Gasteiger partial charge in [0.1, 0.15) is 5.75 Å². The number of benzene rings is 1. The predicted octanol–water partition coefficient (Wildman–Crippen LogP) is 1.50. The molecule has 1 amide bonds. The molecule has 1 aliphatic heterocycles. The van der Waals surface area contributed by atoms with Gasteiger partial charge in [0.2, 0.25) is 5.91 Å². The number of methoxy groups -OCH3 is 3. The lowest BCUT2D eigenvalue weighted by Crippen LogP contribution is -2.46. The Balaban J connectivity index is 2.16. The fraction of sp³-hybridized carbons (Fsp3) is 0.471. The maximum absolute atomic E-state index is 12.3. The molecule has 0 spiro atoms. The highest BCUT2D eigenvalue weighted by Gasteiger charge is 2.17. The van der Waals surface area contributed by atoms with E-state index in [1.54, 1.807) is 45.6 Å². The lowest BCUT2D eigenvalue weighted by atomic mass is 10.1. The van der Waals surface area contributed by atoms with E-state index in [2.05, 4.69) is 11.9 Å². The van der Waals surface area contributed by atoms with Crippen LogP contribution in [0, 0.1) is 0 Å². The highest BCUT2D eigenvalue weighted by Crippen LogP contribution is 2.35. The fourth-order valence-corrected chi connectivity index (χ4v) is 2.48. The zero-order chi connectivity index (χ0) is 16.8. The summed E-state index contributed by atoms with van der Waals surface area (Å²) in [5.41, 5.74) is 0.771. The molecule has 1 heterocycles. The van der Waals surface area contributed by atoms with Crippen LogP contribution in [0.5, 0.6) is 17.2 Å². The summed E-state index contributed by atoms with van der Waals surface area (Å²) < 4.78 is 15.9. The van der Waals surface area contributed by atoms with Crippen LogP contribution in [-0.2, 0) is 4.79 Å². The minimum Gasteiger partial charge on any atom is -0.496 e. The monoisotopic (exact) mass is 320 g/mol. The van der Waals surface area contributed by atoms with Gasteiger partial charge in [-0.25, -0.2) is 0 Å². The number of amides is 1. The van der Waals surface area contributed by atoms with Gasteiger partial charge >= 0.3 is 0 Å². The quantitative estimate of drug-likeness (QED) is 0.770. The van der Waals surface area contributed by atoms with Crippen LogP contribution in [0.3, 0.4) is 0 Å². The molecule has 0 aromatic heterocycles. The molecule has 6 heteroatoms. The smallest absolute Gasteiger partial charge is 0.246 e. The van der Waals surface area contributed by atoms with E-state index >= 15 is 0 Å². The first kappa shape index (κ1) is 17.1. The van der Waals surface area contributed by atoms with Crippen LogP contribution in [0.15, 0.2) is 18.2 Å². The highest BCUT2D eigenvalue weighted by molar-refractivity contribution is 5.92. The zero-order valence-electron chi connectivity index (χ0n) is 14.2. The van der Waals surface area contributed by atoms with E-state index in [0.717, 1.165) is 31.7 Å². The number of rotatable bonds is 5. The van der Waals surface area contributed by atoms with Crippen molar-refractivity contribution >= 4 is 12.0 Å². The molecule has 1 aromatic rings. The number of piperazine rings is 1. The number of likely N-dealkylation sites (N-methyl/N-ethyl adjacent to an activating group) is 1. The Morgan fingerprint density at radius 1 is 0.957 bits per heavy atom. The summed E-state index contributed by atoms with van der Waals surface area (Å²) in [6.07, 6.45) is 3.33. The molecule has 0 bridgehead atoms. The number of hydrogen-bond donors (Lipinski definition) is 0. The van der Waals surface area contributed by atoms with Crippen LogP contribution >= 0.6 is 0 Å². The lowest BCUT2D eigenvalue weighted by Gasteiger charge is -2.31. The van der Waals surface area contributed by atoms with Crippen molar-refractivity contribution in [3.63, 3.8) is 0 Å². The van der Waals surface area contributed by atoms with Crippen LogP contribution in [0.25, 0.3) is 6.08 Å². The van der Waals surface area contributed by atoms with Crippen LogP contribution in [0.4, 0.5) is 0 Å². The van der Waals surface area contributed by atoms with Gasteiger partial charge in [0.25, 0.3) is 0 Å². The first-order valence-corrected chi connectivity index (χ1v) is 7.54. The molecule has 23 heavy (non-hydrogen) atoms. The highest BCUT2D eigenvalue weighted by atomic mass is 16.5. The van der Waals surface area contributed by atoms with Gasteiger partial charge in [-0.1, -0.05) is 0 Å². The standard InChI is InChI=1S/C17H24N2O4/c1-18-7-9-19(10-8-18)17(20)6-5-13-11-15(22-3)16(23-4)12-14(13)21-2/h5-6,11-12H,7-10H2,1-4H3/b6-5+. The topological polar surface area (TPSA) is 51.2 Å². The van der Waals surface area contributed by atoms with Gasteiger partial charge in [-0.05, 0) is 19.2 Å². The van der Waals surface area contributed by atoms with Crippen LogP contribution < -0.4 is 14.2 Å². The second-order valence-corrected chi connectivity index (χ2v) is 5.41. The predicted molar refractivity (Wildman–Crippen MR) is 89.2 cm³/mol. The number of nitrogens with zero attached hydrogens (tertiary/aromatic N) is 2. The van der Waals surface area contributed by atoms with Crippen LogP contribution in [0.1, 0.15) is 5.56 Å². The minimum absolute atomic E-state index is 0.00920. The third-order valence-corrected chi connectivity index (χ3v) is 3.96. The molecule has 1 saturated heterocycles. The average Bonchev–Trinajstić information content (AvgIpc) is 2.59. The summed E-state index contributed by atoms with van der Waals surface area (Å²) in [6.45, 7) is 3.31. The first-order valence-electron chi connectivity index (χ1n) is 7.54. The van der Waals surface area contributed by atoms with Crippen molar-refractivity contribution in [2.24, 2.45) is 0 Å². The molecule has 0 aliphatic carbocycles.